The highest BCUT2D eigenvalue weighted by Gasteiger charge is 2.24. The Morgan fingerprint density at radius 2 is 1.77 bits per heavy atom. The number of nitrogens with zero attached hydrogens (tertiary/aromatic N) is 5. The third kappa shape index (κ3) is 4.42. The molecular formula is C26H26FN5O3. The molecule has 8 nitrogen and oxygen atoms in total. The fraction of sp³-hybridized carbons (Fsp3) is 0.269. The SMILES string of the molecule is COc1cn(-c2ccc(N3CC(C)OC(C)C3)cc2F)nc(-c2ccnn2-c2ccccc2)c1=O. The molecule has 180 valence electrons. The van der Waals surface area contributed by atoms with Gasteiger partial charge >= 0.3 is 0 Å². The Bertz CT molecular complexity index is 1390. The predicted octanol–water partition coefficient (Wildman–Crippen LogP) is 3.85. The van der Waals surface area contributed by atoms with Crippen molar-refractivity contribution in [2.75, 3.05) is 25.1 Å². The molecule has 1 aliphatic heterocycles. The number of halogens is 1. The molecule has 0 saturated carbocycles. The van der Waals surface area contributed by atoms with E-state index < -0.39 is 11.2 Å². The Balaban J connectivity index is 1.57. The van der Waals surface area contributed by atoms with Gasteiger partial charge in [0.05, 0.1) is 43.1 Å². The lowest BCUT2D eigenvalue weighted by molar-refractivity contribution is -0.00523. The van der Waals surface area contributed by atoms with Crippen molar-refractivity contribution in [3.8, 4) is 28.5 Å². The molecule has 4 aromatic rings. The van der Waals surface area contributed by atoms with Crippen molar-refractivity contribution in [2.45, 2.75) is 26.1 Å². The highest BCUT2D eigenvalue weighted by molar-refractivity contribution is 5.59. The highest BCUT2D eigenvalue weighted by Crippen LogP contribution is 2.26. The molecule has 0 aliphatic carbocycles. The normalized spacial score (nSPS) is 18.0. The Morgan fingerprint density at radius 1 is 1.03 bits per heavy atom. The van der Waals surface area contributed by atoms with Gasteiger partial charge in [-0.15, -0.1) is 0 Å². The predicted molar refractivity (Wildman–Crippen MR) is 131 cm³/mol. The maximum absolute atomic E-state index is 15.4. The van der Waals surface area contributed by atoms with Crippen LogP contribution in [0.2, 0.25) is 0 Å². The van der Waals surface area contributed by atoms with Crippen LogP contribution >= 0.6 is 0 Å². The lowest BCUT2D eigenvalue weighted by atomic mass is 10.2. The molecule has 2 aromatic heterocycles. The van der Waals surface area contributed by atoms with Crippen LogP contribution in [0.1, 0.15) is 13.8 Å². The van der Waals surface area contributed by atoms with Crippen LogP contribution in [-0.2, 0) is 4.74 Å². The van der Waals surface area contributed by atoms with E-state index in [4.69, 9.17) is 9.47 Å². The molecule has 9 heteroatoms. The molecule has 3 heterocycles. The molecule has 0 spiro atoms. The molecule has 0 N–H and O–H groups in total. The number of morpholine rings is 1. The average Bonchev–Trinajstić information content (AvgIpc) is 3.34. The van der Waals surface area contributed by atoms with Crippen molar-refractivity contribution in [2.24, 2.45) is 0 Å². The van der Waals surface area contributed by atoms with E-state index in [1.54, 1.807) is 23.0 Å². The summed E-state index contributed by atoms with van der Waals surface area (Å²) in [5, 5.41) is 8.85. The number of ether oxygens (including phenoxy) is 2. The van der Waals surface area contributed by atoms with E-state index in [0.717, 1.165) is 11.4 Å². The second-order valence-corrected chi connectivity index (χ2v) is 8.58. The van der Waals surface area contributed by atoms with Crippen molar-refractivity contribution >= 4 is 5.69 Å². The summed E-state index contributed by atoms with van der Waals surface area (Å²) in [6.45, 7) is 5.37. The molecule has 35 heavy (non-hydrogen) atoms. The third-order valence-electron chi connectivity index (χ3n) is 5.96. The number of benzene rings is 2. The van der Waals surface area contributed by atoms with Crippen LogP contribution in [-0.4, -0.2) is 52.0 Å². The van der Waals surface area contributed by atoms with Gasteiger partial charge in [-0.3, -0.25) is 4.79 Å². The summed E-state index contributed by atoms with van der Waals surface area (Å²) in [6, 6.07) is 16.1. The van der Waals surface area contributed by atoms with E-state index >= 15 is 4.39 Å². The van der Waals surface area contributed by atoms with E-state index in [1.165, 1.54) is 24.1 Å². The van der Waals surface area contributed by atoms with Gasteiger partial charge in [0, 0.05) is 18.8 Å². The molecule has 0 amide bonds. The van der Waals surface area contributed by atoms with E-state index in [-0.39, 0.29) is 29.3 Å². The van der Waals surface area contributed by atoms with Crippen LogP contribution in [0, 0.1) is 5.82 Å². The van der Waals surface area contributed by atoms with Crippen LogP contribution in [0.15, 0.2) is 71.8 Å². The maximum atomic E-state index is 15.4. The first kappa shape index (κ1) is 22.8. The summed E-state index contributed by atoms with van der Waals surface area (Å²) >= 11 is 0. The molecule has 5 rings (SSSR count). The van der Waals surface area contributed by atoms with Gasteiger partial charge < -0.3 is 14.4 Å². The van der Waals surface area contributed by atoms with Crippen molar-refractivity contribution in [1.29, 1.82) is 0 Å². The standard InChI is InChI=1S/C26H26FN5O3/c1-17-14-30(15-18(2)35-17)20-9-10-22(21(27)13-20)31-16-24(34-3)26(33)25(29-31)23-11-12-28-32(23)19-7-5-4-6-8-19/h4-13,16-18H,14-15H2,1-3H3. The number of para-hydroxylation sites is 1. The Labute approximate surface area is 202 Å². The summed E-state index contributed by atoms with van der Waals surface area (Å²) in [6.07, 6.45) is 3.10. The summed E-state index contributed by atoms with van der Waals surface area (Å²) in [4.78, 5) is 15.2. The molecule has 2 aromatic carbocycles. The Kier molecular flexibility index (Phi) is 6.08. The third-order valence-corrected chi connectivity index (χ3v) is 5.96. The second kappa shape index (κ2) is 9.34. The van der Waals surface area contributed by atoms with Crippen LogP contribution in [0.5, 0.6) is 5.75 Å². The van der Waals surface area contributed by atoms with E-state index in [9.17, 15) is 4.79 Å². The monoisotopic (exact) mass is 475 g/mol. The Morgan fingerprint density at radius 3 is 2.46 bits per heavy atom. The largest absolute Gasteiger partial charge is 0.491 e. The van der Waals surface area contributed by atoms with Crippen LogP contribution in [0.4, 0.5) is 10.1 Å². The first-order valence-electron chi connectivity index (χ1n) is 11.4. The van der Waals surface area contributed by atoms with Crippen LogP contribution in [0.25, 0.3) is 22.8 Å². The average molecular weight is 476 g/mol. The molecule has 1 aliphatic rings. The van der Waals surface area contributed by atoms with Gasteiger partial charge in [0.25, 0.3) is 5.43 Å². The summed E-state index contributed by atoms with van der Waals surface area (Å²) in [5.41, 5.74) is 1.91. The lowest BCUT2D eigenvalue weighted by Crippen LogP contribution is -2.45. The van der Waals surface area contributed by atoms with Gasteiger partial charge in [-0.2, -0.15) is 10.2 Å². The minimum Gasteiger partial charge on any atom is -0.491 e. The zero-order valence-corrected chi connectivity index (χ0v) is 19.8. The van der Waals surface area contributed by atoms with Crippen molar-refractivity contribution in [1.82, 2.24) is 19.6 Å². The van der Waals surface area contributed by atoms with E-state index in [0.29, 0.717) is 18.8 Å². The van der Waals surface area contributed by atoms with Crippen molar-refractivity contribution in [3.63, 3.8) is 0 Å². The summed E-state index contributed by atoms with van der Waals surface area (Å²) < 4.78 is 29.5. The maximum Gasteiger partial charge on any atom is 0.251 e. The Hall–Kier alpha value is -3.98. The number of anilines is 1. The van der Waals surface area contributed by atoms with Crippen LogP contribution < -0.4 is 15.1 Å². The zero-order chi connectivity index (χ0) is 24.5. The first-order valence-corrected chi connectivity index (χ1v) is 11.4. The molecular weight excluding hydrogens is 449 g/mol. The minimum absolute atomic E-state index is 0.0510. The van der Waals surface area contributed by atoms with E-state index in [2.05, 4.69) is 15.1 Å². The number of hydrogen-bond acceptors (Lipinski definition) is 6. The van der Waals surface area contributed by atoms with Crippen LogP contribution in [0.3, 0.4) is 0 Å². The fourth-order valence-electron chi connectivity index (χ4n) is 4.43. The lowest BCUT2D eigenvalue weighted by Gasteiger charge is -2.37. The number of aromatic nitrogens is 4. The fourth-order valence-corrected chi connectivity index (χ4v) is 4.43. The smallest absolute Gasteiger partial charge is 0.251 e. The summed E-state index contributed by atoms with van der Waals surface area (Å²) in [7, 11) is 1.40. The highest BCUT2D eigenvalue weighted by atomic mass is 19.1. The molecule has 1 saturated heterocycles. The number of hydrogen-bond donors (Lipinski definition) is 0. The van der Waals surface area contributed by atoms with E-state index in [1.807, 2.05) is 50.2 Å². The van der Waals surface area contributed by atoms with Gasteiger partial charge in [0.2, 0.25) is 0 Å². The van der Waals surface area contributed by atoms with Crippen molar-refractivity contribution in [3.05, 3.63) is 83.0 Å². The molecule has 1 fully saturated rings. The minimum atomic E-state index is -0.463. The molecule has 0 radical (unpaired) electrons. The number of rotatable bonds is 5. The quantitative estimate of drug-likeness (QED) is 0.437. The zero-order valence-electron chi connectivity index (χ0n) is 19.8. The second-order valence-electron chi connectivity index (χ2n) is 8.58. The number of methoxy groups -OCH3 is 1. The van der Waals surface area contributed by atoms with Gasteiger partial charge in [-0.05, 0) is 50.2 Å². The van der Waals surface area contributed by atoms with Gasteiger partial charge in [-0.1, -0.05) is 18.2 Å². The molecule has 2 unspecified atom stereocenters. The van der Waals surface area contributed by atoms with Gasteiger partial charge in [0.1, 0.15) is 5.69 Å². The topological polar surface area (TPSA) is 74.4 Å². The van der Waals surface area contributed by atoms with Gasteiger partial charge in [0.15, 0.2) is 17.3 Å². The molecule has 2 atom stereocenters. The van der Waals surface area contributed by atoms with Gasteiger partial charge in [-0.25, -0.2) is 13.8 Å². The first-order chi connectivity index (χ1) is 16.9. The van der Waals surface area contributed by atoms with Crippen molar-refractivity contribution < 1.29 is 13.9 Å². The summed E-state index contributed by atoms with van der Waals surface area (Å²) in [5.74, 6) is -0.412. The molecule has 0 bridgehead atoms.